The first-order valence-electron chi connectivity index (χ1n) is 8.37. The minimum atomic E-state index is 0.525. The molecule has 1 aromatic carbocycles. The van der Waals surface area contributed by atoms with E-state index < -0.39 is 0 Å². The molecule has 1 saturated carbocycles. The average Bonchev–Trinajstić information content (AvgIpc) is 3.13. The van der Waals surface area contributed by atoms with Crippen molar-refractivity contribution in [3.63, 3.8) is 0 Å². The van der Waals surface area contributed by atoms with Gasteiger partial charge in [0, 0.05) is 17.5 Å². The van der Waals surface area contributed by atoms with Gasteiger partial charge < -0.3 is 10.1 Å². The lowest BCUT2D eigenvalue weighted by Crippen LogP contribution is -2.28. The number of benzene rings is 1. The molecule has 2 aliphatic rings. The average molecular weight is 308 g/mol. The standard InChI is InChI=1S/C18H26ClNO/c1-20-17(7-6-13-4-2-3-5-13)12-15-11-16(19)10-14-8-9-21-18(14)15/h10-11,13,17,20H,2-9,12H2,1H3. The van der Waals surface area contributed by atoms with Crippen molar-refractivity contribution < 1.29 is 4.74 Å². The third-order valence-corrected chi connectivity index (χ3v) is 5.32. The molecule has 0 bridgehead atoms. The Hall–Kier alpha value is -0.730. The van der Waals surface area contributed by atoms with E-state index in [0.29, 0.717) is 6.04 Å². The molecule has 0 amide bonds. The molecule has 0 saturated heterocycles. The zero-order valence-corrected chi connectivity index (χ0v) is 13.7. The summed E-state index contributed by atoms with van der Waals surface area (Å²) in [5, 5.41) is 4.33. The van der Waals surface area contributed by atoms with Crippen LogP contribution in [0.5, 0.6) is 5.75 Å². The molecule has 0 spiro atoms. The predicted octanol–water partition coefficient (Wildman–Crippen LogP) is 4.38. The lowest BCUT2D eigenvalue weighted by Gasteiger charge is -2.20. The number of fused-ring (bicyclic) bond motifs is 1. The molecular formula is C18H26ClNO. The van der Waals surface area contributed by atoms with Crippen molar-refractivity contribution in [3.05, 3.63) is 28.3 Å². The largest absolute Gasteiger partial charge is 0.493 e. The highest BCUT2D eigenvalue weighted by atomic mass is 35.5. The van der Waals surface area contributed by atoms with Crippen molar-refractivity contribution in [2.24, 2.45) is 5.92 Å². The van der Waals surface area contributed by atoms with Gasteiger partial charge in [-0.2, -0.15) is 0 Å². The van der Waals surface area contributed by atoms with Crippen LogP contribution in [0, 0.1) is 5.92 Å². The van der Waals surface area contributed by atoms with Crippen LogP contribution in [0.25, 0.3) is 0 Å². The van der Waals surface area contributed by atoms with Crippen LogP contribution < -0.4 is 10.1 Å². The number of halogens is 1. The Kier molecular flexibility index (Phi) is 5.07. The van der Waals surface area contributed by atoms with E-state index in [9.17, 15) is 0 Å². The van der Waals surface area contributed by atoms with Crippen LogP contribution in [-0.4, -0.2) is 19.7 Å². The SMILES string of the molecule is CNC(CCC1CCCC1)Cc1cc(Cl)cc2c1OCC2. The van der Waals surface area contributed by atoms with Gasteiger partial charge >= 0.3 is 0 Å². The Balaban J connectivity index is 1.63. The van der Waals surface area contributed by atoms with Gasteiger partial charge in [-0.15, -0.1) is 0 Å². The van der Waals surface area contributed by atoms with Crippen molar-refractivity contribution >= 4 is 11.6 Å². The smallest absolute Gasteiger partial charge is 0.125 e. The number of ether oxygens (including phenoxy) is 1. The topological polar surface area (TPSA) is 21.3 Å². The third kappa shape index (κ3) is 3.73. The maximum absolute atomic E-state index is 6.26. The van der Waals surface area contributed by atoms with E-state index in [-0.39, 0.29) is 0 Å². The maximum Gasteiger partial charge on any atom is 0.125 e. The first-order chi connectivity index (χ1) is 10.3. The molecule has 21 heavy (non-hydrogen) atoms. The van der Waals surface area contributed by atoms with Gasteiger partial charge in [-0.3, -0.25) is 0 Å². The normalized spacial score (nSPS) is 19.5. The Bertz CT molecular complexity index is 482. The number of hydrogen-bond donors (Lipinski definition) is 1. The highest BCUT2D eigenvalue weighted by Gasteiger charge is 2.21. The Morgan fingerprint density at radius 3 is 2.90 bits per heavy atom. The van der Waals surface area contributed by atoms with E-state index in [4.69, 9.17) is 16.3 Å². The van der Waals surface area contributed by atoms with Crippen molar-refractivity contribution in [2.45, 2.75) is 57.4 Å². The Morgan fingerprint density at radius 1 is 1.33 bits per heavy atom. The molecule has 1 aromatic rings. The van der Waals surface area contributed by atoms with Crippen LogP contribution in [0.2, 0.25) is 5.02 Å². The molecule has 1 atom stereocenters. The van der Waals surface area contributed by atoms with Crippen molar-refractivity contribution in [1.82, 2.24) is 5.32 Å². The van der Waals surface area contributed by atoms with E-state index in [0.717, 1.165) is 36.1 Å². The molecule has 1 aliphatic heterocycles. The van der Waals surface area contributed by atoms with Crippen LogP contribution >= 0.6 is 11.6 Å². The van der Waals surface area contributed by atoms with Gasteiger partial charge in [-0.25, -0.2) is 0 Å². The summed E-state index contributed by atoms with van der Waals surface area (Å²) >= 11 is 6.26. The fraction of sp³-hybridized carbons (Fsp3) is 0.667. The second-order valence-electron chi connectivity index (χ2n) is 6.57. The van der Waals surface area contributed by atoms with Gasteiger partial charge in [0.1, 0.15) is 5.75 Å². The molecule has 1 N–H and O–H groups in total. The lowest BCUT2D eigenvalue weighted by atomic mass is 9.94. The summed E-state index contributed by atoms with van der Waals surface area (Å²) in [4.78, 5) is 0. The summed E-state index contributed by atoms with van der Waals surface area (Å²) < 4.78 is 5.82. The van der Waals surface area contributed by atoms with E-state index in [1.54, 1.807) is 0 Å². The molecule has 0 radical (unpaired) electrons. The van der Waals surface area contributed by atoms with E-state index in [2.05, 4.69) is 24.5 Å². The molecule has 2 nitrogen and oxygen atoms in total. The minimum absolute atomic E-state index is 0.525. The Labute approximate surface area is 133 Å². The van der Waals surface area contributed by atoms with Crippen molar-refractivity contribution in [3.8, 4) is 5.75 Å². The fourth-order valence-corrected chi connectivity index (χ4v) is 4.11. The fourth-order valence-electron chi connectivity index (χ4n) is 3.85. The van der Waals surface area contributed by atoms with Crippen molar-refractivity contribution in [1.29, 1.82) is 0 Å². The summed E-state index contributed by atoms with van der Waals surface area (Å²) in [6.45, 7) is 0.801. The van der Waals surface area contributed by atoms with E-state index >= 15 is 0 Å². The summed E-state index contributed by atoms with van der Waals surface area (Å²) in [7, 11) is 2.07. The zero-order chi connectivity index (χ0) is 14.7. The third-order valence-electron chi connectivity index (χ3n) is 5.10. The highest BCUT2D eigenvalue weighted by Crippen LogP contribution is 2.34. The van der Waals surface area contributed by atoms with Crippen LogP contribution in [-0.2, 0) is 12.8 Å². The summed E-state index contributed by atoms with van der Waals surface area (Å²) in [6, 6.07) is 4.67. The second kappa shape index (κ2) is 7.02. The van der Waals surface area contributed by atoms with Crippen LogP contribution in [0.1, 0.15) is 49.7 Å². The summed E-state index contributed by atoms with van der Waals surface area (Å²) in [5.41, 5.74) is 2.56. The number of hydrogen-bond acceptors (Lipinski definition) is 2. The molecule has 1 aliphatic carbocycles. The number of likely N-dealkylation sites (N-methyl/N-ethyl adjacent to an activating group) is 1. The minimum Gasteiger partial charge on any atom is -0.493 e. The van der Waals surface area contributed by atoms with Gasteiger partial charge in [0.05, 0.1) is 6.61 Å². The first kappa shape index (κ1) is 15.2. The molecule has 0 aromatic heterocycles. The summed E-state index contributed by atoms with van der Waals surface area (Å²) in [6.07, 6.45) is 10.4. The maximum atomic E-state index is 6.26. The zero-order valence-electron chi connectivity index (χ0n) is 13.0. The van der Waals surface area contributed by atoms with Gasteiger partial charge in [0.25, 0.3) is 0 Å². The molecule has 116 valence electrons. The lowest BCUT2D eigenvalue weighted by molar-refractivity contribution is 0.350. The quantitative estimate of drug-likeness (QED) is 0.842. The summed E-state index contributed by atoms with van der Waals surface area (Å²) in [5.74, 6) is 2.06. The van der Waals surface area contributed by atoms with Gasteiger partial charge in [-0.05, 0) is 55.5 Å². The van der Waals surface area contributed by atoms with Crippen molar-refractivity contribution in [2.75, 3.05) is 13.7 Å². The molecule has 1 fully saturated rings. The molecular weight excluding hydrogens is 282 g/mol. The van der Waals surface area contributed by atoms with Gasteiger partial charge in [-0.1, -0.05) is 37.3 Å². The molecule has 1 heterocycles. The van der Waals surface area contributed by atoms with Crippen LogP contribution in [0.15, 0.2) is 12.1 Å². The van der Waals surface area contributed by atoms with Gasteiger partial charge in [0.15, 0.2) is 0 Å². The second-order valence-corrected chi connectivity index (χ2v) is 7.01. The highest BCUT2D eigenvalue weighted by molar-refractivity contribution is 6.30. The van der Waals surface area contributed by atoms with E-state index in [1.807, 2.05) is 0 Å². The number of rotatable bonds is 6. The van der Waals surface area contributed by atoms with E-state index in [1.165, 1.54) is 49.7 Å². The molecule has 3 rings (SSSR count). The molecule has 1 unspecified atom stereocenters. The van der Waals surface area contributed by atoms with Gasteiger partial charge in [0.2, 0.25) is 0 Å². The molecule has 3 heteroatoms. The first-order valence-corrected chi connectivity index (χ1v) is 8.75. The predicted molar refractivity (Wildman–Crippen MR) is 88.4 cm³/mol. The number of nitrogens with one attached hydrogen (secondary N) is 1. The van der Waals surface area contributed by atoms with Crippen LogP contribution in [0.4, 0.5) is 0 Å². The van der Waals surface area contributed by atoms with Crippen LogP contribution in [0.3, 0.4) is 0 Å². The Morgan fingerprint density at radius 2 is 2.14 bits per heavy atom. The monoisotopic (exact) mass is 307 g/mol.